The maximum Gasteiger partial charge on any atom is 0.122 e. The van der Waals surface area contributed by atoms with Gasteiger partial charge in [-0.25, -0.2) is 9.97 Å². The van der Waals surface area contributed by atoms with Crippen LogP contribution in [0.3, 0.4) is 0 Å². The smallest absolute Gasteiger partial charge is 0.122 e. The molecular formula is C19H23N5. The molecule has 124 valence electrons. The summed E-state index contributed by atoms with van der Waals surface area (Å²) in [4.78, 5) is 14.9. The van der Waals surface area contributed by atoms with Crippen LogP contribution in [-0.2, 0) is 26.6 Å². The van der Waals surface area contributed by atoms with Crippen LogP contribution >= 0.6 is 0 Å². The Morgan fingerprint density at radius 2 is 2.08 bits per heavy atom. The number of aryl methyl sites for hydroxylation is 2. The highest BCUT2D eigenvalue weighted by Gasteiger charge is 2.27. The van der Waals surface area contributed by atoms with Gasteiger partial charge in [-0.15, -0.1) is 0 Å². The molecule has 0 spiro atoms. The van der Waals surface area contributed by atoms with Crippen molar-refractivity contribution in [3.05, 3.63) is 71.8 Å². The average molecular weight is 321 g/mol. The van der Waals surface area contributed by atoms with E-state index in [2.05, 4.69) is 61.8 Å². The van der Waals surface area contributed by atoms with Crippen molar-refractivity contribution in [1.29, 1.82) is 0 Å². The van der Waals surface area contributed by atoms with Gasteiger partial charge < -0.3 is 9.55 Å². The van der Waals surface area contributed by atoms with Gasteiger partial charge >= 0.3 is 0 Å². The molecule has 1 atom stereocenters. The van der Waals surface area contributed by atoms with E-state index in [1.54, 1.807) is 0 Å². The minimum absolute atomic E-state index is 0.473. The number of benzene rings is 1. The Labute approximate surface area is 142 Å². The third kappa shape index (κ3) is 3.12. The molecular weight excluding hydrogens is 298 g/mol. The van der Waals surface area contributed by atoms with Crippen LogP contribution in [0.15, 0.2) is 49.1 Å². The number of hydrogen-bond donors (Lipinski definition) is 1. The highest BCUT2D eigenvalue weighted by Crippen LogP contribution is 2.30. The molecule has 0 amide bonds. The quantitative estimate of drug-likeness (QED) is 0.786. The van der Waals surface area contributed by atoms with E-state index >= 15 is 0 Å². The molecule has 1 aliphatic heterocycles. The summed E-state index contributed by atoms with van der Waals surface area (Å²) in [6.07, 6.45) is 7.93. The number of imidazole rings is 2. The molecule has 5 nitrogen and oxygen atoms in total. The normalized spacial score (nSPS) is 17.8. The SMILES string of the molecule is Cn1ccnc1CN1Cc2[nH]cnc2C(CCc2ccccc2)C1. The number of aromatic amines is 1. The summed E-state index contributed by atoms with van der Waals surface area (Å²) >= 11 is 0. The fraction of sp³-hybridized carbons (Fsp3) is 0.368. The highest BCUT2D eigenvalue weighted by molar-refractivity contribution is 5.22. The molecule has 5 heteroatoms. The maximum absolute atomic E-state index is 4.60. The van der Waals surface area contributed by atoms with Crippen molar-refractivity contribution >= 4 is 0 Å². The van der Waals surface area contributed by atoms with E-state index in [4.69, 9.17) is 0 Å². The standard InChI is InChI=1S/C19H23N5/c1-23-10-9-20-18(23)13-24-11-16(19-17(12-24)21-14-22-19)8-7-15-5-3-2-4-6-15/h2-6,9-10,14,16H,7-8,11-13H2,1H3,(H,21,22). The largest absolute Gasteiger partial charge is 0.347 e. The predicted octanol–water partition coefficient (Wildman–Crippen LogP) is 2.88. The molecule has 4 rings (SSSR count). The number of aromatic nitrogens is 4. The Kier molecular flexibility index (Phi) is 4.17. The summed E-state index contributed by atoms with van der Waals surface area (Å²) in [6.45, 7) is 2.84. The molecule has 0 saturated carbocycles. The zero-order valence-electron chi connectivity index (χ0n) is 14.0. The van der Waals surface area contributed by atoms with Gasteiger partial charge in [0.1, 0.15) is 5.82 Å². The lowest BCUT2D eigenvalue weighted by Gasteiger charge is -2.31. The molecule has 1 aliphatic rings. The van der Waals surface area contributed by atoms with Crippen molar-refractivity contribution in [2.24, 2.45) is 7.05 Å². The van der Waals surface area contributed by atoms with E-state index in [0.717, 1.165) is 38.3 Å². The number of fused-ring (bicyclic) bond motifs is 1. The summed E-state index contributed by atoms with van der Waals surface area (Å²) in [6, 6.07) is 10.7. The van der Waals surface area contributed by atoms with E-state index in [9.17, 15) is 0 Å². The molecule has 1 aromatic carbocycles. The van der Waals surface area contributed by atoms with Gasteiger partial charge in [0.25, 0.3) is 0 Å². The van der Waals surface area contributed by atoms with Crippen LogP contribution in [0.4, 0.5) is 0 Å². The van der Waals surface area contributed by atoms with Gasteiger partial charge in [0.2, 0.25) is 0 Å². The van der Waals surface area contributed by atoms with Crippen LogP contribution in [0.1, 0.15) is 35.1 Å². The van der Waals surface area contributed by atoms with Crippen LogP contribution in [0, 0.1) is 0 Å². The van der Waals surface area contributed by atoms with Crippen LogP contribution in [0.25, 0.3) is 0 Å². The first-order valence-electron chi connectivity index (χ1n) is 8.54. The number of hydrogen-bond acceptors (Lipinski definition) is 3. The van der Waals surface area contributed by atoms with Crippen molar-refractivity contribution in [3.8, 4) is 0 Å². The van der Waals surface area contributed by atoms with E-state index < -0.39 is 0 Å². The third-order valence-corrected chi connectivity index (χ3v) is 4.91. The molecule has 0 fully saturated rings. The topological polar surface area (TPSA) is 49.7 Å². The summed E-state index contributed by atoms with van der Waals surface area (Å²) < 4.78 is 2.10. The number of nitrogens with one attached hydrogen (secondary N) is 1. The first-order valence-corrected chi connectivity index (χ1v) is 8.54. The molecule has 3 heterocycles. The Hall–Kier alpha value is -2.40. The minimum Gasteiger partial charge on any atom is -0.347 e. The molecule has 0 bridgehead atoms. The van der Waals surface area contributed by atoms with Gasteiger partial charge in [-0.1, -0.05) is 30.3 Å². The summed E-state index contributed by atoms with van der Waals surface area (Å²) in [5, 5.41) is 0. The van der Waals surface area contributed by atoms with Gasteiger partial charge in [-0.05, 0) is 18.4 Å². The van der Waals surface area contributed by atoms with Gasteiger partial charge in [0.15, 0.2) is 0 Å². The van der Waals surface area contributed by atoms with Crippen molar-refractivity contribution in [3.63, 3.8) is 0 Å². The second kappa shape index (κ2) is 6.61. The Balaban J connectivity index is 1.48. The molecule has 1 N–H and O–H groups in total. The summed E-state index contributed by atoms with van der Waals surface area (Å²) in [7, 11) is 2.06. The zero-order chi connectivity index (χ0) is 16.4. The molecule has 2 aromatic heterocycles. The first-order chi connectivity index (χ1) is 11.8. The molecule has 1 unspecified atom stereocenters. The lowest BCUT2D eigenvalue weighted by Crippen LogP contribution is -2.34. The van der Waals surface area contributed by atoms with Gasteiger partial charge in [0, 0.05) is 38.4 Å². The minimum atomic E-state index is 0.473. The summed E-state index contributed by atoms with van der Waals surface area (Å²) in [5.41, 5.74) is 3.91. The van der Waals surface area contributed by atoms with Gasteiger partial charge in [-0.3, -0.25) is 4.90 Å². The highest BCUT2D eigenvalue weighted by atomic mass is 15.2. The molecule has 0 saturated heterocycles. The van der Waals surface area contributed by atoms with Crippen LogP contribution in [-0.4, -0.2) is 31.0 Å². The number of H-pyrrole nitrogens is 1. The first kappa shape index (κ1) is 15.1. The van der Waals surface area contributed by atoms with E-state index in [0.29, 0.717) is 5.92 Å². The molecule has 0 aliphatic carbocycles. The van der Waals surface area contributed by atoms with Crippen LogP contribution in [0.5, 0.6) is 0 Å². The second-order valence-electron chi connectivity index (χ2n) is 6.61. The molecule has 3 aromatic rings. The van der Waals surface area contributed by atoms with E-state index in [1.807, 2.05) is 18.7 Å². The van der Waals surface area contributed by atoms with Gasteiger partial charge in [-0.2, -0.15) is 0 Å². The molecule has 0 radical (unpaired) electrons. The Morgan fingerprint density at radius 1 is 1.21 bits per heavy atom. The lowest BCUT2D eigenvalue weighted by molar-refractivity contribution is 0.206. The number of rotatable bonds is 5. The molecule has 24 heavy (non-hydrogen) atoms. The Morgan fingerprint density at radius 3 is 2.88 bits per heavy atom. The number of nitrogens with zero attached hydrogens (tertiary/aromatic N) is 4. The van der Waals surface area contributed by atoms with Crippen LogP contribution < -0.4 is 0 Å². The average Bonchev–Trinajstić information content (AvgIpc) is 3.23. The summed E-state index contributed by atoms with van der Waals surface area (Å²) in [5.74, 6) is 1.58. The zero-order valence-corrected chi connectivity index (χ0v) is 14.0. The predicted molar refractivity (Wildman–Crippen MR) is 93.4 cm³/mol. The lowest BCUT2D eigenvalue weighted by atomic mass is 9.92. The fourth-order valence-corrected chi connectivity index (χ4v) is 3.58. The van der Waals surface area contributed by atoms with Crippen LogP contribution in [0.2, 0.25) is 0 Å². The van der Waals surface area contributed by atoms with Crippen molar-refractivity contribution in [2.75, 3.05) is 6.54 Å². The van der Waals surface area contributed by atoms with Crippen molar-refractivity contribution < 1.29 is 0 Å². The van der Waals surface area contributed by atoms with E-state index in [1.165, 1.54) is 17.0 Å². The second-order valence-corrected chi connectivity index (χ2v) is 6.61. The van der Waals surface area contributed by atoms with Crippen molar-refractivity contribution in [1.82, 2.24) is 24.4 Å². The fourth-order valence-electron chi connectivity index (χ4n) is 3.58. The third-order valence-electron chi connectivity index (χ3n) is 4.91. The van der Waals surface area contributed by atoms with Gasteiger partial charge in [0.05, 0.1) is 24.3 Å². The van der Waals surface area contributed by atoms with Crippen molar-refractivity contribution in [2.45, 2.75) is 31.8 Å². The Bertz CT molecular complexity index is 789. The van der Waals surface area contributed by atoms with E-state index in [-0.39, 0.29) is 0 Å². The maximum atomic E-state index is 4.60. The monoisotopic (exact) mass is 321 g/mol.